The predicted octanol–water partition coefficient (Wildman–Crippen LogP) is 5.19. The molecule has 1 amide bonds. The smallest absolute Gasteiger partial charge is 0.273 e. The summed E-state index contributed by atoms with van der Waals surface area (Å²) in [7, 11) is 0. The van der Waals surface area contributed by atoms with E-state index < -0.39 is 0 Å². The zero-order valence-electron chi connectivity index (χ0n) is 19.7. The highest BCUT2D eigenvalue weighted by atomic mass is 19.1. The lowest BCUT2D eigenvalue weighted by Gasteiger charge is -2.30. The molecule has 1 atom stereocenters. The van der Waals surface area contributed by atoms with Crippen molar-refractivity contribution in [3.63, 3.8) is 0 Å². The molecule has 2 aromatic carbocycles. The number of ether oxygens (including phenoxy) is 1. The Balaban J connectivity index is 1.63. The Morgan fingerprint density at radius 3 is 2.36 bits per heavy atom. The molecule has 0 fully saturated rings. The van der Waals surface area contributed by atoms with E-state index in [0.29, 0.717) is 25.0 Å². The number of hydrogen-bond donors (Lipinski definition) is 1. The molecule has 7 heteroatoms. The summed E-state index contributed by atoms with van der Waals surface area (Å²) in [4.78, 5) is 19.2. The molecule has 0 aliphatic rings. The van der Waals surface area contributed by atoms with E-state index in [9.17, 15) is 9.18 Å². The van der Waals surface area contributed by atoms with Crippen molar-refractivity contribution in [2.75, 3.05) is 6.61 Å². The van der Waals surface area contributed by atoms with Crippen molar-refractivity contribution in [2.45, 2.75) is 53.4 Å². The van der Waals surface area contributed by atoms with Gasteiger partial charge in [0.25, 0.3) is 5.91 Å². The Labute approximate surface area is 194 Å². The van der Waals surface area contributed by atoms with Gasteiger partial charge in [-0.05, 0) is 55.2 Å². The number of hydrogen-bond acceptors (Lipinski definition) is 5. The Morgan fingerprint density at radius 1 is 1.06 bits per heavy atom. The normalized spacial score (nSPS) is 12.2. The molecule has 1 N–H and O–H groups in total. The number of halogens is 1. The molecule has 0 aliphatic heterocycles. The lowest BCUT2D eigenvalue weighted by Crippen LogP contribution is -2.36. The molecule has 0 bridgehead atoms. The summed E-state index contributed by atoms with van der Waals surface area (Å²) in [6.07, 6.45) is 1.38. The molecule has 3 aromatic rings. The summed E-state index contributed by atoms with van der Waals surface area (Å²) in [5.41, 5.74) is 2.20. The highest BCUT2D eigenvalue weighted by Crippen LogP contribution is 2.20. The van der Waals surface area contributed by atoms with Crippen LogP contribution in [-0.2, 0) is 19.6 Å². The largest absolute Gasteiger partial charge is 0.494 e. The fraction of sp³-hybridized carbons (Fsp3) is 0.385. The lowest BCUT2D eigenvalue weighted by molar-refractivity contribution is 0.0945. The third-order valence-electron chi connectivity index (χ3n) is 5.65. The molecule has 1 heterocycles. The van der Waals surface area contributed by atoms with Gasteiger partial charge in [-0.3, -0.25) is 9.69 Å². The maximum atomic E-state index is 13.0. The summed E-state index contributed by atoms with van der Waals surface area (Å²) < 4.78 is 24.2. The average Bonchev–Trinajstić information content (AvgIpc) is 3.27. The van der Waals surface area contributed by atoms with Crippen molar-refractivity contribution in [3.05, 3.63) is 83.3 Å². The van der Waals surface area contributed by atoms with Crippen molar-refractivity contribution in [2.24, 2.45) is 5.92 Å². The van der Waals surface area contributed by atoms with Crippen molar-refractivity contribution in [3.8, 4) is 5.75 Å². The first-order valence-electron chi connectivity index (χ1n) is 11.3. The van der Waals surface area contributed by atoms with E-state index in [4.69, 9.17) is 9.15 Å². The van der Waals surface area contributed by atoms with Crippen LogP contribution in [0.15, 0.2) is 59.2 Å². The quantitative estimate of drug-likeness (QED) is 0.433. The highest BCUT2D eigenvalue weighted by Gasteiger charge is 2.21. The third-order valence-corrected chi connectivity index (χ3v) is 5.65. The summed E-state index contributed by atoms with van der Waals surface area (Å²) in [5, 5.41) is 2.79. The number of benzene rings is 2. The van der Waals surface area contributed by atoms with Gasteiger partial charge < -0.3 is 14.5 Å². The molecule has 176 valence electrons. The van der Waals surface area contributed by atoms with Crippen LogP contribution in [0.3, 0.4) is 0 Å². The number of nitrogens with zero attached hydrogens (tertiary/aromatic N) is 2. The first-order chi connectivity index (χ1) is 15.9. The molecular formula is C26H32FN3O3. The van der Waals surface area contributed by atoms with Gasteiger partial charge in [-0.1, -0.05) is 38.1 Å². The SMILES string of the molecule is CCOc1ccc(CN(Cc2nc(C(=O)NCc3ccc(F)cc3)co2)C(C)C(C)C)cc1. The third kappa shape index (κ3) is 7.15. The monoisotopic (exact) mass is 453 g/mol. The molecule has 1 aromatic heterocycles. The summed E-state index contributed by atoms with van der Waals surface area (Å²) in [6, 6.07) is 14.4. The number of rotatable bonds is 11. The Hall–Kier alpha value is -3.19. The average molecular weight is 454 g/mol. The maximum Gasteiger partial charge on any atom is 0.273 e. The molecule has 3 rings (SSSR count). The van der Waals surface area contributed by atoms with Crippen molar-refractivity contribution >= 4 is 5.91 Å². The molecule has 33 heavy (non-hydrogen) atoms. The molecule has 0 aliphatic carbocycles. The van der Waals surface area contributed by atoms with Gasteiger partial charge >= 0.3 is 0 Å². The maximum absolute atomic E-state index is 13.0. The molecule has 6 nitrogen and oxygen atoms in total. The van der Waals surface area contributed by atoms with Crippen molar-refractivity contribution in [1.82, 2.24) is 15.2 Å². The van der Waals surface area contributed by atoms with Gasteiger partial charge in [-0.2, -0.15) is 0 Å². The highest BCUT2D eigenvalue weighted by molar-refractivity contribution is 5.91. The second-order valence-corrected chi connectivity index (χ2v) is 8.40. The van der Waals surface area contributed by atoms with E-state index in [1.54, 1.807) is 12.1 Å². The number of aromatic nitrogens is 1. The van der Waals surface area contributed by atoms with Gasteiger partial charge in [-0.15, -0.1) is 0 Å². The molecule has 0 spiro atoms. The van der Waals surface area contributed by atoms with E-state index in [1.165, 1.54) is 18.4 Å². The van der Waals surface area contributed by atoms with Crippen LogP contribution in [0, 0.1) is 11.7 Å². The van der Waals surface area contributed by atoms with E-state index in [2.05, 4.69) is 48.1 Å². The van der Waals surface area contributed by atoms with Crippen LogP contribution in [0.4, 0.5) is 4.39 Å². The van der Waals surface area contributed by atoms with E-state index in [0.717, 1.165) is 23.4 Å². The van der Waals surface area contributed by atoms with Crippen LogP contribution in [0.25, 0.3) is 0 Å². The number of amides is 1. The topological polar surface area (TPSA) is 67.6 Å². The minimum atomic E-state index is -0.329. The van der Waals surface area contributed by atoms with Crippen LogP contribution in [-0.4, -0.2) is 28.4 Å². The zero-order chi connectivity index (χ0) is 23.8. The van der Waals surface area contributed by atoms with E-state index in [-0.39, 0.29) is 30.0 Å². The molecule has 0 radical (unpaired) electrons. The standard InChI is InChI=1S/C26H32FN3O3/c1-5-32-23-12-8-21(9-13-23)15-30(19(4)18(2)3)16-25-29-24(17-33-25)26(31)28-14-20-6-10-22(27)11-7-20/h6-13,17-19H,5,14-16H2,1-4H3,(H,28,31). The van der Waals surface area contributed by atoms with Gasteiger partial charge in [0.05, 0.1) is 13.2 Å². The Bertz CT molecular complexity index is 1020. The fourth-order valence-electron chi connectivity index (χ4n) is 3.39. The van der Waals surface area contributed by atoms with E-state index in [1.807, 2.05) is 19.1 Å². The number of carbonyl (C=O) groups is 1. The Morgan fingerprint density at radius 2 is 1.73 bits per heavy atom. The van der Waals surface area contributed by atoms with Crippen LogP contribution in [0.2, 0.25) is 0 Å². The first kappa shape index (κ1) is 24.5. The predicted molar refractivity (Wildman–Crippen MR) is 125 cm³/mol. The lowest BCUT2D eigenvalue weighted by atomic mass is 10.0. The molecule has 0 saturated heterocycles. The van der Waals surface area contributed by atoms with Crippen molar-refractivity contribution in [1.29, 1.82) is 0 Å². The first-order valence-corrected chi connectivity index (χ1v) is 11.3. The summed E-state index contributed by atoms with van der Waals surface area (Å²) >= 11 is 0. The van der Waals surface area contributed by atoms with Crippen LogP contribution >= 0.6 is 0 Å². The zero-order valence-corrected chi connectivity index (χ0v) is 19.7. The van der Waals surface area contributed by atoms with Gasteiger partial charge in [-0.25, -0.2) is 9.37 Å². The van der Waals surface area contributed by atoms with Gasteiger partial charge in [0.1, 0.15) is 17.8 Å². The summed E-state index contributed by atoms with van der Waals surface area (Å²) in [5.74, 6) is 1.14. The molecular weight excluding hydrogens is 421 g/mol. The Kier molecular flexibility index (Phi) is 8.60. The van der Waals surface area contributed by atoms with Gasteiger partial charge in [0.2, 0.25) is 5.89 Å². The van der Waals surface area contributed by atoms with Crippen LogP contribution < -0.4 is 10.1 Å². The second kappa shape index (κ2) is 11.6. The number of carbonyl (C=O) groups excluding carboxylic acids is 1. The van der Waals surface area contributed by atoms with Crippen molar-refractivity contribution < 1.29 is 18.3 Å². The number of nitrogens with one attached hydrogen (secondary N) is 1. The van der Waals surface area contributed by atoms with Crippen LogP contribution in [0.5, 0.6) is 5.75 Å². The van der Waals surface area contributed by atoms with Crippen LogP contribution in [0.1, 0.15) is 55.2 Å². The summed E-state index contributed by atoms with van der Waals surface area (Å²) in [6.45, 7) is 10.6. The minimum Gasteiger partial charge on any atom is -0.494 e. The van der Waals surface area contributed by atoms with Gasteiger partial charge in [0.15, 0.2) is 5.69 Å². The van der Waals surface area contributed by atoms with Gasteiger partial charge in [0, 0.05) is 19.1 Å². The second-order valence-electron chi connectivity index (χ2n) is 8.40. The molecule has 1 unspecified atom stereocenters. The molecule has 0 saturated carbocycles. The van der Waals surface area contributed by atoms with E-state index >= 15 is 0 Å². The fourth-order valence-corrected chi connectivity index (χ4v) is 3.39. The minimum absolute atomic E-state index is 0.227. The number of oxazole rings is 1.